The van der Waals surface area contributed by atoms with Crippen molar-refractivity contribution in [2.75, 3.05) is 7.05 Å². The number of amides is 1. The number of carboxylic acids is 1. The van der Waals surface area contributed by atoms with E-state index in [2.05, 4.69) is 0 Å². The second kappa shape index (κ2) is 8.11. The van der Waals surface area contributed by atoms with E-state index in [1.165, 1.54) is 25.7 Å². The molecular weight excluding hydrogens is 230 g/mol. The van der Waals surface area contributed by atoms with Crippen molar-refractivity contribution >= 4 is 11.9 Å². The van der Waals surface area contributed by atoms with Crippen LogP contribution in [-0.4, -0.2) is 35.0 Å². The first-order chi connectivity index (χ1) is 8.61. The highest BCUT2D eigenvalue weighted by Crippen LogP contribution is 2.21. The fourth-order valence-corrected chi connectivity index (χ4v) is 2.58. The Bertz CT molecular complexity index is 270. The average Bonchev–Trinajstić information content (AvgIpc) is 2.61. The van der Waals surface area contributed by atoms with Crippen molar-refractivity contribution < 1.29 is 14.7 Å². The molecule has 1 saturated carbocycles. The van der Waals surface area contributed by atoms with Crippen molar-refractivity contribution in [1.82, 2.24) is 4.90 Å². The van der Waals surface area contributed by atoms with Crippen molar-refractivity contribution in [3.05, 3.63) is 0 Å². The van der Waals surface area contributed by atoms with E-state index in [1.54, 1.807) is 0 Å². The molecule has 0 spiro atoms. The first kappa shape index (κ1) is 15.0. The molecule has 0 heterocycles. The maximum Gasteiger partial charge on any atom is 0.303 e. The lowest BCUT2D eigenvalue weighted by Crippen LogP contribution is -2.36. The van der Waals surface area contributed by atoms with Crippen LogP contribution in [0.4, 0.5) is 0 Å². The molecule has 0 aromatic carbocycles. The standard InChI is InChI=1S/C14H25NO3/c1-15(12-8-4-2-3-5-9-12)13(16)10-6-7-11-14(17)18/h12H,2-11H2,1H3,(H,17,18). The van der Waals surface area contributed by atoms with Gasteiger partial charge >= 0.3 is 5.97 Å². The fraction of sp³-hybridized carbons (Fsp3) is 0.857. The summed E-state index contributed by atoms with van der Waals surface area (Å²) in [6.07, 6.45) is 9.20. The number of hydrogen-bond donors (Lipinski definition) is 1. The fourth-order valence-electron chi connectivity index (χ4n) is 2.58. The van der Waals surface area contributed by atoms with Gasteiger partial charge in [-0.25, -0.2) is 0 Å². The quantitative estimate of drug-likeness (QED) is 0.586. The Hall–Kier alpha value is -1.06. The van der Waals surface area contributed by atoms with Gasteiger partial charge in [0, 0.05) is 25.9 Å². The normalized spacial score (nSPS) is 17.2. The third-order valence-electron chi connectivity index (χ3n) is 3.80. The minimum Gasteiger partial charge on any atom is -0.481 e. The number of nitrogens with zero attached hydrogens (tertiary/aromatic N) is 1. The maximum atomic E-state index is 12.0. The molecule has 1 amide bonds. The van der Waals surface area contributed by atoms with Crippen LogP contribution in [0.25, 0.3) is 0 Å². The maximum absolute atomic E-state index is 12.0. The van der Waals surface area contributed by atoms with Crippen molar-refractivity contribution in [2.24, 2.45) is 0 Å². The zero-order valence-corrected chi connectivity index (χ0v) is 11.4. The van der Waals surface area contributed by atoms with Crippen LogP contribution in [0, 0.1) is 0 Å². The molecule has 104 valence electrons. The molecule has 4 nitrogen and oxygen atoms in total. The Morgan fingerprint density at radius 1 is 1.06 bits per heavy atom. The Balaban J connectivity index is 2.24. The highest BCUT2D eigenvalue weighted by molar-refractivity contribution is 5.76. The third kappa shape index (κ3) is 5.52. The Labute approximate surface area is 109 Å². The van der Waals surface area contributed by atoms with Gasteiger partial charge in [0.15, 0.2) is 0 Å². The van der Waals surface area contributed by atoms with Crippen LogP contribution in [-0.2, 0) is 9.59 Å². The van der Waals surface area contributed by atoms with Gasteiger partial charge in [-0.1, -0.05) is 25.7 Å². The van der Waals surface area contributed by atoms with Gasteiger partial charge in [-0.3, -0.25) is 9.59 Å². The number of carbonyl (C=O) groups excluding carboxylic acids is 1. The molecule has 4 heteroatoms. The molecular formula is C14H25NO3. The summed E-state index contributed by atoms with van der Waals surface area (Å²) in [5.41, 5.74) is 0. The molecule has 1 aliphatic rings. The van der Waals surface area contributed by atoms with Crippen LogP contribution in [0.3, 0.4) is 0 Å². The van der Waals surface area contributed by atoms with E-state index in [9.17, 15) is 9.59 Å². The molecule has 1 aliphatic carbocycles. The average molecular weight is 255 g/mol. The predicted molar refractivity (Wildman–Crippen MR) is 70.4 cm³/mol. The molecule has 1 fully saturated rings. The first-order valence-corrected chi connectivity index (χ1v) is 7.08. The molecule has 1 rings (SSSR count). The predicted octanol–water partition coefficient (Wildman–Crippen LogP) is 2.81. The molecule has 0 aromatic heterocycles. The smallest absolute Gasteiger partial charge is 0.303 e. The van der Waals surface area contributed by atoms with Crippen LogP contribution in [0.1, 0.15) is 64.2 Å². The molecule has 0 unspecified atom stereocenters. The van der Waals surface area contributed by atoms with Gasteiger partial charge in [0.25, 0.3) is 0 Å². The van der Waals surface area contributed by atoms with E-state index in [-0.39, 0.29) is 12.3 Å². The van der Waals surface area contributed by atoms with Crippen LogP contribution < -0.4 is 0 Å². The monoisotopic (exact) mass is 255 g/mol. The highest BCUT2D eigenvalue weighted by atomic mass is 16.4. The van der Waals surface area contributed by atoms with Gasteiger partial charge in [0.2, 0.25) is 5.91 Å². The zero-order valence-electron chi connectivity index (χ0n) is 11.4. The molecule has 18 heavy (non-hydrogen) atoms. The summed E-state index contributed by atoms with van der Waals surface area (Å²) in [7, 11) is 1.90. The summed E-state index contributed by atoms with van der Waals surface area (Å²) >= 11 is 0. The molecule has 0 aromatic rings. The van der Waals surface area contributed by atoms with E-state index in [0.717, 1.165) is 12.8 Å². The number of hydrogen-bond acceptors (Lipinski definition) is 2. The number of rotatable bonds is 6. The van der Waals surface area contributed by atoms with Crippen LogP contribution in [0.15, 0.2) is 0 Å². The van der Waals surface area contributed by atoms with Gasteiger partial charge in [0.05, 0.1) is 0 Å². The minimum absolute atomic E-state index is 0.167. The van der Waals surface area contributed by atoms with E-state index in [1.807, 2.05) is 11.9 Å². The zero-order chi connectivity index (χ0) is 13.4. The third-order valence-corrected chi connectivity index (χ3v) is 3.80. The summed E-state index contributed by atoms with van der Waals surface area (Å²) < 4.78 is 0. The lowest BCUT2D eigenvalue weighted by Gasteiger charge is -2.27. The lowest BCUT2D eigenvalue weighted by atomic mass is 10.1. The van der Waals surface area contributed by atoms with Gasteiger partial charge in [0.1, 0.15) is 0 Å². The van der Waals surface area contributed by atoms with E-state index < -0.39 is 5.97 Å². The first-order valence-electron chi connectivity index (χ1n) is 7.08. The number of aliphatic carboxylic acids is 1. The van der Waals surface area contributed by atoms with E-state index in [0.29, 0.717) is 25.3 Å². The van der Waals surface area contributed by atoms with Crippen LogP contribution in [0.2, 0.25) is 0 Å². The van der Waals surface area contributed by atoms with Crippen molar-refractivity contribution in [3.8, 4) is 0 Å². The summed E-state index contributed by atoms with van der Waals surface area (Å²) in [5.74, 6) is -0.605. The lowest BCUT2D eigenvalue weighted by molar-refractivity contribution is -0.137. The number of unbranched alkanes of at least 4 members (excludes halogenated alkanes) is 1. The summed E-state index contributed by atoms with van der Waals surface area (Å²) in [4.78, 5) is 24.2. The summed E-state index contributed by atoms with van der Waals surface area (Å²) in [6.45, 7) is 0. The second-order valence-corrected chi connectivity index (χ2v) is 5.25. The highest BCUT2D eigenvalue weighted by Gasteiger charge is 2.20. The SMILES string of the molecule is CN(C(=O)CCCCC(=O)O)C1CCCCCC1. The van der Waals surface area contributed by atoms with E-state index >= 15 is 0 Å². The molecule has 0 atom stereocenters. The van der Waals surface area contributed by atoms with Crippen molar-refractivity contribution in [1.29, 1.82) is 0 Å². The molecule has 1 N–H and O–H groups in total. The van der Waals surface area contributed by atoms with Crippen LogP contribution >= 0.6 is 0 Å². The van der Waals surface area contributed by atoms with Crippen molar-refractivity contribution in [3.63, 3.8) is 0 Å². The molecule has 0 bridgehead atoms. The summed E-state index contributed by atoms with van der Waals surface area (Å²) in [6, 6.07) is 0.402. The number of carbonyl (C=O) groups is 2. The second-order valence-electron chi connectivity index (χ2n) is 5.25. The summed E-state index contributed by atoms with van der Waals surface area (Å²) in [5, 5.41) is 8.53. The van der Waals surface area contributed by atoms with Gasteiger partial charge in [-0.05, 0) is 25.7 Å². The van der Waals surface area contributed by atoms with Gasteiger partial charge in [-0.15, -0.1) is 0 Å². The molecule has 0 radical (unpaired) electrons. The van der Waals surface area contributed by atoms with E-state index in [4.69, 9.17) is 5.11 Å². The Morgan fingerprint density at radius 2 is 1.61 bits per heavy atom. The minimum atomic E-state index is -0.778. The van der Waals surface area contributed by atoms with Crippen LogP contribution in [0.5, 0.6) is 0 Å². The topological polar surface area (TPSA) is 57.6 Å². The Morgan fingerprint density at radius 3 is 2.17 bits per heavy atom. The molecule has 0 aliphatic heterocycles. The van der Waals surface area contributed by atoms with Gasteiger partial charge < -0.3 is 10.0 Å². The Kier molecular flexibility index (Phi) is 6.76. The molecule has 0 saturated heterocycles. The van der Waals surface area contributed by atoms with Crippen molar-refractivity contribution in [2.45, 2.75) is 70.3 Å². The van der Waals surface area contributed by atoms with Gasteiger partial charge in [-0.2, -0.15) is 0 Å². The number of carboxylic acid groups (broad SMARTS) is 1. The largest absolute Gasteiger partial charge is 0.481 e.